The lowest BCUT2D eigenvalue weighted by Gasteiger charge is -2.30. The molecule has 0 unspecified atom stereocenters. The van der Waals surface area contributed by atoms with Crippen LogP contribution in [0.15, 0.2) is 47.5 Å². The van der Waals surface area contributed by atoms with Crippen molar-refractivity contribution in [2.75, 3.05) is 31.1 Å². The van der Waals surface area contributed by atoms with Crippen LogP contribution in [0, 0.1) is 0 Å². The van der Waals surface area contributed by atoms with Crippen LogP contribution in [0.2, 0.25) is 0 Å². The number of aromatic nitrogens is 1. The van der Waals surface area contributed by atoms with Crippen molar-refractivity contribution in [2.45, 2.75) is 4.90 Å². The zero-order chi connectivity index (χ0) is 13.8. The molecule has 0 aliphatic carbocycles. The fourth-order valence-electron chi connectivity index (χ4n) is 2.27. The van der Waals surface area contributed by atoms with Crippen molar-refractivity contribution in [3.8, 4) is 11.6 Å². The van der Waals surface area contributed by atoms with E-state index in [1.165, 1.54) is 0 Å². The minimum absolute atomic E-state index is 0.647. The molecule has 0 amide bonds. The van der Waals surface area contributed by atoms with E-state index >= 15 is 0 Å². The minimum Gasteiger partial charge on any atom is -0.437 e. The number of rotatable bonds is 3. The Morgan fingerprint density at radius 2 is 2.00 bits per heavy atom. The normalized spacial score (nSPS) is 15.2. The van der Waals surface area contributed by atoms with Crippen LogP contribution in [0.25, 0.3) is 0 Å². The lowest BCUT2D eigenvalue weighted by Crippen LogP contribution is -2.43. The minimum atomic E-state index is 0.647. The van der Waals surface area contributed by atoms with Gasteiger partial charge in [0.05, 0.1) is 0 Å². The van der Waals surface area contributed by atoms with Gasteiger partial charge in [-0.2, -0.15) is 0 Å². The molecule has 1 aromatic heterocycles. The van der Waals surface area contributed by atoms with Gasteiger partial charge < -0.3 is 15.0 Å². The van der Waals surface area contributed by atoms with Crippen molar-refractivity contribution < 1.29 is 4.74 Å². The third-order valence-electron chi connectivity index (χ3n) is 3.24. The number of piperazine rings is 1. The van der Waals surface area contributed by atoms with E-state index in [1.54, 1.807) is 6.20 Å². The number of ether oxygens (including phenoxy) is 1. The number of pyridine rings is 1. The smallest absolute Gasteiger partial charge is 0.243 e. The summed E-state index contributed by atoms with van der Waals surface area (Å²) in [6.07, 6.45) is 1.76. The lowest BCUT2D eigenvalue weighted by atomic mass is 10.3. The summed E-state index contributed by atoms with van der Waals surface area (Å²) in [6, 6.07) is 11.6. The standard InChI is InChI=1S/C15H17N3OS/c20-13-4-1-3-12(11-13)19-15-14(5-2-6-17-15)18-9-7-16-8-10-18/h1-6,11,16,20H,7-10H2. The first-order valence-corrected chi connectivity index (χ1v) is 7.15. The zero-order valence-electron chi connectivity index (χ0n) is 11.1. The van der Waals surface area contributed by atoms with Gasteiger partial charge in [-0.25, -0.2) is 4.98 Å². The molecule has 1 saturated heterocycles. The maximum Gasteiger partial charge on any atom is 0.243 e. The maximum absolute atomic E-state index is 5.92. The first kappa shape index (κ1) is 13.3. The average molecular weight is 287 g/mol. The molecular weight excluding hydrogens is 270 g/mol. The van der Waals surface area contributed by atoms with Crippen LogP contribution in [0.3, 0.4) is 0 Å². The largest absolute Gasteiger partial charge is 0.437 e. The number of nitrogens with zero attached hydrogens (tertiary/aromatic N) is 2. The van der Waals surface area contributed by atoms with Crippen molar-refractivity contribution in [3.05, 3.63) is 42.6 Å². The second kappa shape index (κ2) is 6.15. The Balaban J connectivity index is 1.85. The fraction of sp³-hybridized carbons (Fsp3) is 0.267. The third kappa shape index (κ3) is 3.05. The molecule has 0 bridgehead atoms. The van der Waals surface area contributed by atoms with Gasteiger partial charge in [0.2, 0.25) is 5.88 Å². The maximum atomic E-state index is 5.92. The van der Waals surface area contributed by atoms with Gasteiger partial charge in [-0.15, -0.1) is 12.6 Å². The Bertz CT molecular complexity index is 585. The number of anilines is 1. The van der Waals surface area contributed by atoms with E-state index in [2.05, 4.69) is 33.9 Å². The zero-order valence-corrected chi connectivity index (χ0v) is 12.0. The predicted molar refractivity (Wildman–Crippen MR) is 83.1 cm³/mol. The van der Waals surface area contributed by atoms with Gasteiger partial charge in [-0.05, 0) is 30.3 Å². The molecule has 104 valence electrons. The molecule has 2 aromatic rings. The van der Waals surface area contributed by atoms with Crippen LogP contribution in [-0.4, -0.2) is 31.2 Å². The van der Waals surface area contributed by atoms with E-state index in [4.69, 9.17) is 4.74 Å². The highest BCUT2D eigenvalue weighted by Gasteiger charge is 2.16. The van der Waals surface area contributed by atoms with E-state index in [9.17, 15) is 0 Å². The van der Waals surface area contributed by atoms with Gasteiger partial charge in [0.1, 0.15) is 11.4 Å². The summed E-state index contributed by atoms with van der Waals surface area (Å²) in [5, 5.41) is 3.35. The van der Waals surface area contributed by atoms with Crippen molar-refractivity contribution in [1.82, 2.24) is 10.3 Å². The van der Waals surface area contributed by atoms with Crippen LogP contribution < -0.4 is 15.0 Å². The molecule has 2 heterocycles. The summed E-state index contributed by atoms with van der Waals surface area (Å²) >= 11 is 4.33. The van der Waals surface area contributed by atoms with Crippen molar-refractivity contribution in [2.24, 2.45) is 0 Å². The SMILES string of the molecule is Sc1cccc(Oc2ncccc2N2CCNCC2)c1. The predicted octanol–water partition coefficient (Wildman–Crippen LogP) is 2.57. The summed E-state index contributed by atoms with van der Waals surface area (Å²) in [5.74, 6) is 1.40. The Hall–Kier alpha value is -1.72. The van der Waals surface area contributed by atoms with Gasteiger partial charge in [0, 0.05) is 37.3 Å². The van der Waals surface area contributed by atoms with E-state index < -0.39 is 0 Å². The monoisotopic (exact) mass is 287 g/mol. The van der Waals surface area contributed by atoms with Crippen molar-refractivity contribution in [3.63, 3.8) is 0 Å². The van der Waals surface area contributed by atoms with Crippen LogP contribution in [-0.2, 0) is 0 Å². The molecule has 20 heavy (non-hydrogen) atoms. The quantitative estimate of drug-likeness (QED) is 0.851. The molecule has 1 N–H and O–H groups in total. The van der Waals surface area contributed by atoms with Gasteiger partial charge in [0.25, 0.3) is 0 Å². The first-order chi connectivity index (χ1) is 9.83. The van der Waals surface area contributed by atoms with E-state index in [1.807, 2.05) is 30.3 Å². The number of thiol groups is 1. The summed E-state index contributed by atoms with van der Waals surface area (Å²) in [4.78, 5) is 7.54. The highest BCUT2D eigenvalue weighted by Crippen LogP contribution is 2.30. The molecule has 0 atom stereocenters. The van der Waals surface area contributed by atoms with E-state index in [0.717, 1.165) is 42.5 Å². The van der Waals surface area contributed by atoms with Crippen LogP contribution >= 0.6 is 12.6 Å². The summed E-state index contributed by atoms with van der Waals surface area (Å²) in [5.41, 5.74) is 1.04. The van der Waals surface area contributed by atoms with Crippen molar-refractivity contribution >= 4 is 18.3 Å². The second-order valence-electron chi connectivity index (χ2n) is 4.66. The van der Waals surface area contributed by atoms with Crippen LogP contribution in [0.5, 0.6) is 11.6 Å². The number of benzene rings is 1. The number of hydrogen-bond acceptors (Lipinski definition) is 5. The molecule has 5 heteroatoms. The second-order valence-corrected chi connectivity index (χ2v) is 5.18. The van der Waals surface area contributed by atoms with Gasteiger partial charge in [0.15, 0.2) is 0 Å². The molecule has 1 aliphatic heterocycles. The molecule has 0 spiro atoms. The fourth-order valence-corrected chi connectivity index (χ4v) is 2.48. The van der Waals surface area contributed by atoms with E-state index in [0.29, 0.717) is 5.88 Å². The molecule has 1 aliphatic rings. The van der Waals surface area contributed by atoms with Crippen molar-refractivity contribution in [1.29, 1.82) is 0 Å². The van der Waals surface area contributed by atoms with Crippen LogP contribution in [0.4, 0.5) is 5.69 Å². The Morgan fingerprint density at radius 3 is 2.80 bits per heavy atom. The highest BCUT2D eigenvalue weighted by atomic mass is 32.1. The van der Waals surface area contributed by atoms with E-state index in [-0.39, 0.29) is 0 Å². The molecule has 3 rings (SSSR count). The van der Waals surface area contributed by atoms with Gasteiger partial charge in [-0.3, -0.25) is 0 Å². The first-order valence-electron chi connectivity index (χ1n) is 6.70. The molecule has 1 aromatic carbocycles. The Morgan fingerprint density at radius 1 is 1.15 bits per heavy atom. The molecule has 4 nitrogen and oxygen atoms in total. The average Bonchev–Trinajstić information content (AvgIpc) is 2.49. The molecule has 0 saturated carbocycles. The summed E-state index contributed by atoms with van der Waals surface area (Å²) in [7, 11) is 0. The Kier molecular flexibility index (Phi) is 4.08. The highest BCUT2D eigenvalue weighted by molar-refractivity contribution is 7.80. The molecule has 1 fully saturated rings. The topological polar surface area (TPSA) is 37.4 Å². The van der Waals surface area contributed by atoms with Crippen LogP contribution in [0.1, 0.15) is 0 Å². The molecule has 0 radical (unpaired) electrons. The molecular formula is C15H17N3OS. The summed E-state index contributed by atoms with van der Waals surface area (Å²) < 4.78 is 5.92. The van der Waals surface area contributed by atoms with Gasteiger partial charge >= 0.3 is 0 Å². The number of nitrogens with one attached hydrogen (secondary N) is 1. The Labute approximate surface area is 124 Å². The number of hydrogen-bond donors (Lipinski definition) is 2. The third-order valence-corrected chi connectivity index (χ3v) is 3.52. The summed E-state index contributed by atoms with van der Waals surface area (Å²) in [6.45, 7) is 3.91. The van der Waals surface area contributed by atoms with Gasteiger partial charge in [-0.1, -0.05) is 6.07 Å². The lowest BCUT2D eigenvalue weighted by molar-refractivity contribution is 0.458.